The van der Waals surface area contributed by atoms with Crippen LogP contribution in [0.2, 0.25) is 0 Å². The van der Waals surface area contributed by atoms with Gasteiger partial charge in [0, 0.05) is 5.56 Å². The lowest BCUT2D eigenvalue weighted by Crippen LogP contribution is -2.58. The SMILES string of the molecule is Cc1cc2c(cc1Cc1ccc(C(F)(F)F)cc1)[C@]1(OC2)S[C@H](CO)[C@@H](O)[C@H](O)[C@H]1O. The molecule has 0 unspecified atom stereocenters. The van der Waals surface area contributed by atoms with Gasteiger partial charge in [-0.25, -0.2) is 0 Å². The largest absolute Gasteiger partial charge is 0.416 e. The Kier molecular flexibility index (Phi) is 5.87. The number of aliphatic hydroxyl groups is 4. The van der Waals surface area contributed by atoms with Crippen molar-refractivity contribution >= 4 is 11.8 Å². The Morgan fingerprint density at radius 3 is 2.39 bits per heavy atom. The van der Waals surface area contributed by atoms with Crippen LogP contribution in [0.25, 0.3) is 0 Å². The number of fused-ring (bicyclic) bond motifs is 2. The third-order valence-electron chi connectivity index (χ3n) is 6.01. The Labute approximate surface area is 181 Å². The third-order valence-corrected chi connectivity index (χ3v) is 7.67. The number of alkyl halides is 3. The van der Waals surface area contributed by atoms with Gasteiger partial charge in [0.25, 0.3) is 0 Å². The van der Waals surface area contributed by atoms with E-state index in [2.05, 4.69) is 0 Å². The van der Waals surface area contributed by atoms with E-state index in [9.17, 15) is 33.6 Å². The average molecular weight is 456 g/mol. The van der Waals surface area contributed by atoms with Crippen molar-refractivity contribution in [2.24, 2.45) is 0 Å². The molecule has 4 N–H and O–H groups in total. The molecule has 2 heterocycles. The van der Waals surface area contributed by atoms with Crippen LogP contribution in [-0.4, -0.2) is 50.6 Å². The van der Waals surface area contributed by atoms with Gasteiger partial charge in [0.15, 0.2) is 4.93 Å². The first-order valence-electron chi connectivity index (χ1n) is 9.82. The lowest BCUT2D eigenvalue weighted by atomic mass is 9.89. The molecule has 168 valence electrons. The second-order valence-corrected chi connectivity index (χ2v) is 9.48. The maximum absolute atomic E-state index is 12.8. The van der Waals surface area contributed by atoms with Crippen molar-refractivity contribution in [2.75, 3.05) is 6.61 Å². The Bertz CT molecular complexity index is 963. The van der Waals surface area contributed by atoms with E-state index in [4.69, 9.17) is 4.74 Å². The smallest absolute Gasteiger partial charge is 0.395 e. The van der Waals surface area contributed by atoms with Crippen LogP contribution in [0.4, 0.5) is 13.2 Å². The Balaban J connectivity index is 1.68. The van der Waals surface area contributed by atoms with E-state index in [0.717, 1.165) is 40.6 Å². The monoisotopic (exact) mass is 456 g/mol. The summed E-state index contributed by atoms with van der Waals surface area (Å²) >= 11 is 1.07. The highest BCUT2D eigenvalue weighted by Crippen LogP contribution is 2.54. The van der Waals surface area contributed by atoms with Crippen LogP contribution in [0.1, 0.15) is 33.4 Å². The van der Waals surface area contributed by atoms with Crippen LogP contribution in [0.3, 0.4) is 0 Å². The van der Waals surface area contributed by atoms with Gasteiger partial charge in [-0.1, -0.05) is 24.3 Å². The molecule has 1 spiro atoms. The Morgan fingerprint density at radius 1 is 1.10 bits per heavy atom. The lowest BCUT2D eigenvalue weighted by Gasteiger charge is -2.45. The van der Waals surface area contributed by atoms with Gasteiger partial charge in [0.1, 0.15) is 12.2 Å². The number of aryl methyl sites for hydroxylation is 1. The molecular formula is C22H23F3O5S. The van der Waals surface area contributed by atoms with Gasteiger partial charge in [0.05, 0.1) is 30.1 Å². The van der Waals surface area contributed by atoms with Crippen molar-refractivity contribution in [1.82, 2.24) is 0 Å². The molecule has 0 aromatic heterocycles. The number of hydrogen-bond acceptors (Lipinski definition) is 6. The summed E-state index contributed by atoms with van der Waals surface area (Å²) in [6.07, 6.45) is -8.24. The molecule has 0 saturated carbocycles. The first kappa shape index (κ1) is 22.6. The molecule has 0 aliphatic carbocycles. The highest BCUT2D eigenvalue weighted by molar-refractivity contribution is 8.00. The molecule has 1 saturated heterocycles. The van der Waals surface area contributed by atoms with Crippen molar-refractivity contribution < 1.29 is 38.3 Å². The molecule has 2 aromatic rings. The van der Waals surface area contributed by atoms with Gasteiger partial charge in [-0.3, -0.25) is 0 Å². The molecule has 31 heavy (non-hydrogen) atoms. The fraction of sp³-hybridized carbons (Fsp3) is 0.455. The zero-order valence-electron chi connectivity index (χ0n) is 16.6. The van der Waals surface area contributed by atoms with Gasteiger partial charge in [-0.15, -0.1) is 11.8 Å². The number of halogens is 3. The van der Waals surface area contributed by atoms with Crippen molar-refractivity contribution in [1.29, 1.82) is 0 Å². The highest BCUT2D eigenvalue weighted by Gasteiger charge is 2.57. The van der Waals surface area contributed by atoms with Gasteiger partial charge in [0.2, 0.25) is 0 Å². The van der Waals surface area contributed by atoms with E-state index in [0.29, 0.717) is 17.5 Å². The maximum atomic E-state index is 12.8. The molecule has 1 fully saturated rings. The third kappa shape index (κ3) is 3.88. The lowest BCUT2D eigenvalue weighted by molar-refractivity contribution is -0.147. The molecule has 9 heteroatoms. The second kappa shape index (κ2) is 8.06. The van der Waals surface area contributed by atoms with Crippen molar-refractivity contribution in [3.63, 3.8) is 0 Å². The van der Waals surface area contributed by atoms with Gasteiger partial charge in [-0.05, 0) is 47.7 Å². The summed E-state index contributed by atoms with van der Waals surface area (Å²) < 4.78 is 44.4. The Morgan fingerprint density at radius 2 is 1.77 bits per heavy atom. The average Bonchev–Trinajstić information content (AvgIpc) is 3.07. The quantitative estimate of drug-likeness (QED) is 0.568. The van der Waals surface area contributed by atoms with Crippen LogP contribution in [0.15, 0.2) is 36.4 Å². The summed E-state index contributed by atoms with van der Waals surface area (Å²) in [7, 11) is 0. The molecule has 2 aliphatic rings. The van der Waals surface area contributed by atoms with Crippen LogP contribution in [0, 0.1) is 6.92 Å². The topological polar surface area (TPSA) is 90.2 Å². The minimum atomic E-state index is -4.39. The summed E-state index contributed by atoms with van der Waals surface area (Å²) in [5.74, 6) is 0. The van der Waals surface area contributed by atoms with E-state index in [1.54, 1.807) is 0 Å². The van der Waals surface area contributed by atoms with Crippen LogP contribution in [-0.2, 0) is 28.9 Å². The highest BCUT2D eigenvalue weighted by atomic mass is 32.2. The molecule has 2 aliphatic heterocycles. The molecule has 5 nitrogen and oxygen atoms in total. The molecule has 0 radical (unpaired) electrons. The first-order chi connectivity index (χ1) is 14.6. The number of rotatable bonds is 3. The first-order valence-corrected chi connectivity index (χ1v) is 10.7. The fourth-order valence-corrected chi connectivity index (χ4v) is 5.77. The molecule has 0 amide bonds. The number of aliphatic hydroxyl groups excluding tert-OH is 4. The molecule has 4 rings (SSSR count). The fourth-order valence-electron chi connectivity index (χ4n) is 4.22. The standard InChI is InChI=1S/C22H23F3O5S/c1-11-6-14-10-30-21(20(29)19(28)18(27)17(9-26)31-21)16(14)8-13(11)7-12-2-4-15(5-3-12)22(23,24)25/h2-6,8,17-20,26-29H,7,9-10H2,1H3/t17-,18-,19+,20-,21+/m1/s1. The van der Waals surface area contributed by atoms with E-state index in [1.807, 2.05) is 19.1 Å². The second-order valence-electron chi connectivity index (χ2n) is 8.03. The van der Waals surface area contributed by atoms with Gasteiger partial charge >= 0.3 is 6.18 Å². The van der Waals surface area contributed by atoms with E-state index >= 15 is 0 Å². The number of benzene rings is 2. The number of ether oxygens (including phenoxy) is 1. The van der Waals surface area contributed by atoms with Crippen LogP contribution in [0.5, 0.6) is 0 Å². The molecule has 2 aromatic carbocycles. The zero-order chi connectivity index (χ0) is 22.6. The summed E-state index contributed by atoms with van der Waals surface area (Å²) in [6, 6.07) is 8.72. The predicted molar refractivity (Wildman–Crippen MR) is 108 cm³/mol. The zero-order valence-corrected chi connectivity index (χ0v) is 17.5. The van der Waals surface area contributed by atoms with Crippen LogP contribution >= 0.6 is 11.8 Å². The molecule has 0 bridgehead atoms. The summed E-state index contributed by atoms with van der Waals surface area (Å²) in [5.41, 5.74) is 3.22. The minimum Gasteiger partial charge on any atom is -0.395 e. The summed E-state index contributed by atoms with van der Waals surface area (Å²) in [5, 5.41) is 40.1. The van der Waals surface area contributed by atoms with Crippen molar-refractivity contribution in [2.45, 2.75) is 54.6 Å². The maximum Gasteiger partial charge on any atom is 0.416 e. The molecule has 5 atom stereocenters. The molecular weight excluding hydrogens is 433 g/mol. The van der Waals surface area contributed by atoms with E-state index in [-0.39, 0.29) is 6.61 Å². The van der Waals surface area contributed by atoms with E-state index in [1.165, 1.54) is 12.1 Å². The van der Waals surface area contributed by atoms with Crippen molar-refractivity contribution in [3.05, 3.63) is 69.8 Å². The van der Waals surface area contributed by atoms with Gasteiger partial charge < -0.3 is 25.2 Å². The normalized spacial score (nSPS) is 30.6. The predicted octanol–water partition coefficient (Wildman–Crippen LogP) is 2.48. The Hall–Kier alpha value is -1.62. The van der Waals surface area contributed by atoms with Crippen molar-refractivity contribution in [3.8, 4) is 0 Å². The number of thioether (sulfide) groups is 1. The number of hydrogen-bond donors (Lipinski definition) is 4. The van der Waals surface area contributed by atoms with Gasteiger partial charge in [-0.2, -0.15) is 13.2 Å². The summed E-state index contributed by atoms with van der Waals surface area (Å²) in [6.45, 7) is 1.69. The van der Waals surface area contributed by atoms with Crippen LogP contribution < -0.4 is 0 Å². The van der Waals surface area contributed by atoms with E-state index < -0.39 is 46.8 Å². The minimum absolute atomic E-state index is 0.196. The summed E-state index contributed by atoms with van der Waals surface area (Å²) in [4.78, 5) is -1.34.